The number of rotatable bonds is 2. The summed E-state index contributed by atoms with van der Waals surface area (Å²) in [7, 11) is 1.45. The van der Waals surface area contributed by atoms with Crippen molar-refractivity contribution in [3.63, 3.8) is 0 Å². The Hall–Kier alpha value is -0.200. The van der Waals surface area contributed by atoms with E-state index in [1.54, 1.807) is 6.92 Å². The zero-order valence-corrected chi connectivity index (χ0v) is 7.88. The molecule has 0 bridgehead atoms. The lowest BCUT2D eigenvalue weighted by atomic mass is 9.91. The lowest BCUT2D eigenvalue weighted by Gasteiger charge is -2.40. The highest BCUT2D eigenvalue weighted by molar-refractivity contribution is 4.86. The van der Waals surface area contributed by atoms with Gasteiger partial charge in [0.2, 0.25) is 0 Å². The second-order valence-corrected chi connectivity index (χ2v) is 3.35. The molecule has 0 aromatic heterocycles. The minimum atomic E-state index is -0.803. The van der Waals surface area contributed by atoms with Gasteiger partial charge in [-0.3, -0.25) is 0 Å². The Kier molecular flexibility index (Phi) is 3.63. The number of hydrogen-bond acceptors (Lipinski definition) is 5. The van der Waals surface area contributed by atoms with Crippen LogP contribution in [0.2, 0.25) is 0 Å². The predicted octanol–water partition coefficient (Wildman–Crippen LogP) is -1.33. The minimum absolute atomic E-state index is 0.220. The van der Waals surface area contributed by atoms with Crippen LogP contribution in [0.1, 0.15) is 6.92 Å². The van der Waals surface area contributed by atoms with E-state index in [0.717, 1.165) is 0 Å². The first kappa shape index (κ1) is 10.9. The van der Waals surface area contributed by atoms with E-state index in [9.17, 15) is 10.2 Å². The van der Waals surface area contributed by atoms with Gasteiger partial charge in [0.1, 0.15) is 6.10 Å². The van der Waals surface area contributed by atoms with Crippen LogP contribution in [0.3, 0.4) is 0 Å². The Bertz CT molecular complexity index is 146. The second kappa shape index (κ2) is 4.34. The van der Waals surface area contributed by atoms with Crippen LogP contribution in [0.4, 0.5) is 0 Å². The van der Waals surface area contributed by atoms with Gasteiger partial charge >= 0.3 is 0 Å². The largest absolute Gasteiger partial charge is 0.390 e. The molecule has 1 aliphatic heterocycles. The topological polar surface area (TPSA) is 84.9 Å². The maximum atomic E-state index is 9.60. The van der Waals surface area contributed by atoms with Crippen LogP contribution in [-0.4, -0.2) is 48.5 Å². The third-order valence-corrected chi connectivity index (χ3v) is 2.51. The third kappa shape index (κ3) is 2.00. The Morgan fingerprint density at radius 2 is 2.00 bits per heavy atom. The minimum Gasteiger partial charge on any atom is -0.390 e. The quantitative estimate of drug-likeness (QED) is 0.504. The number of methoxy groups -OCH3 is 1. The van der Waals surface area contributed by atoms with Crippen molar-refractivity contribution in [1.29, 1.82) is 0 Å². The number of aliphatic hydroxyl groups excluding tert-OH is 2. The highest BCUT2D eigenvalue weighted by atomic mass is 16.7. The molecule has 3 unspecified atom stereocenters. The molecule has 4 N–H and O–H groups in total. The monoisotopic (exact) mass is 191 g/mol. The molecule has 0 aromatic rings. The molecule has 1 aliphatic rings. The van der Waals surface area contributed by atoms with E-state index >= 15 is 0 Å². The maximum absolute atomic E-state index is 9.60. The van der Waals surface area contributed by atoms with E-state index in [0.29, 0.717) is 0 Å². The van der Waals surface area contributed by atoms with Crippen LogP contribution in [0.15, 0.2) is 0 Å². The average molecular weight is 191 g/mol. The molecular formula is C8H17NO4. The highest BCUT2D eigenvalue weighted by Crippen LogP contribution is 2.25. The summed E-state index contributed by atoms with van der Waals surface area (Å²) >= 11 is 0. The Labute approximate surface area is 77.4 Å². The van der Waals surface area contributed by atoms with E-state index in [4.69, 9.17) is 15.2 Å². The van der Waals surface area contributed by atoms with Gasteiger partial charge in [-0.05, 0) is 0 Å². The molecule has 1 rings (SSSR count). The van der Waals surface area contributed by atoms with Crippen LogP contribution < -0.4 is 5.73 Å². The van der Waals surface area contributed by atoms with Gasteiger partial charge in [0.15, 0.2) is 6.29 Å². The SMILES string of the molecule is COC1OC(CN)C(O)[C@@H](C)[C@@H]1O. The molecule has 0 aromatic carbocycles. The molecule has 1 saturated heterocycles. The zero-order valence-electron chi connectivity index (χ0n) is 7.88. The number of nitrogens with two attached hydrogens (primary N) is 1. The van der Waals surface area contributed by atoms with Crippen LogP contribution in [0.25, 0.3) is 0 Å². The number of hydrogen-bond donors (Lipinski definition) is 3. The van der Waals surface area contributed by atoms with Crippen molar-refractivity contribution >= 4 is 0 Å². The third-order valence-electron chi connectivity index (χ3n) is 2.51. The Morgan fingerprint density at radius 3 is 2.46 bits per heavy atom. The number of aliphatic hydroxyl groups is 2. The molecule has 0 saturated carbocycles. The van der Waals surface area contributed by atoms with Crippen molar-refractivity contribution in [2.45, 2.75) is 31.5 Å². The van der Waals surface area contributed by atoms with Crippen molar-refractivity contribution in [2.75, 3.05) is 13.7 Å². The standard InChI is InChI=1S/C8H17NO4/c1-4-6(10)5(3-9)13-8(12-2)7(4)11/h4-8,10-11H,3,9H2,1-2H3/t4-,5?,6?,7+,8?/m1/s1. The van der Waals surface area contributed by atoms with Gasteiger partial charge in [0.05, 0.1) is 12.2 Å². The van der Waals surface area contributed by atoms with Crippen molar-refractivity contribution in [2.24, 2.45) is 11.7 Å². The number of ether oxygens (including phenoxy) is 2. The molecule has 1 fully saturated rings. The summed E-state index contributed by atoms with van der Waals surface area (Å²) in [4.78, 5) is 0. The fourth-order valence-electron chi connectivity index (χ4n) is 1.51. The molecule has 0 spiro atoms. The Balaban J connectivity index is 2.66. The van der Waals surface area contributed by atoms with Gasteiger partial charge in [0.25, 0.3) is 0 Å². The van der Waals surface area contributed by atoms with E-state index in [1.165, 1.54) is 7.11 Å². The Morgan fingerprint density at radius 1 is 1.38 bits per heavy atom. The lowest BCUT2D eigenvalue weighted by molar-refractivity contribution is -0.272. The van der Waals surface area contributed by atoms with Crippen molar-refractivity contribution in [3.8, 4) is 0 Å². The van der Waals surface area contributed by atoms with Gasteiger partial charge in [0, 0.05) is 19.6 Å². The van der Waals surface area contributed by atoms with E-state index in [2.05, 4.69) is 0 Å². The molecule has 0 amide bonds. The van der Waals surface area contributed by atoms with Crippen LogP contribution in [0.5, 0.6) is 0 Å². The van der Waals surface area contributed by atoms with Crippen LogP contribution in [-0.2, 0) is 9.47 Å². The van der Waals surface area contributed by atoms with Crippen molar-refractivity contribution < 1.29 is 19.7 Å². The summed E-state index contributed by atoms with van der Waals surface area (Å²) in [5, 5.41) is 19.2. The molecular weight excluding hydrogens is 174 g/mol. The molecule has 78 valence electrons. The van der Waals surface area contributed by atoms with Gasteiger partial charge in [-0.2, -0.15) is 0 Å². The summed E-state index contributed by atoms with van der Waals surface area (Å²) < 4.78 is 10.1. The fourth-order valence-corrected chi connectivity index (χ4v) is 1.51. The summed E-state index contributed by atoms with van der Waals surface area (Å²) in [5.74, 6) is -0.285. The molecule has 13 heavy (non-hydrogen) atoms. The first-order valence-corrected chi connectivity index (χ1v) is 4.36. The molecule has 1 heterocycles. The second-order valence-electron chi connectivity index (χ2n) is 3.35. The summed E-state index contributed by atoms with van der Waals surface area (Å²) in [6, 6.07) is 0. The smallest absolute Gasteiger partial charge is 0.183 e. The molecule has 5 nitrogen and oxygen atoms in total. The van der Waals surface area contributed by atoms with Gasteiger partial charge in [-0.1, -0.05) is 6.92 Å². The van der Waals surface area contributed by atoms with Crippen molar-refractivity contribution in [3.05, 3.63) is 0 Å². The zero-order chi connectivity index (χ0) is 10.0. The summed E-state index contributed by atoms with van der Waals surface area (Å²) in [6.45, 7) is 1.96. The fraction of sp³-hybridized carbons (Fsp3) is 1.00. The maximum Gasteiger partial charge on any atom is 0.183 e. The van der Waals surface area contributed by atoms with E-state index in [-0.39, 0.29) is 12.5 Å². The molecule has 0 radical (unpaired) electrons. The first-order valence-electron chi connectivity index (χ1n) is 4.36. The van der Waals surface area contributed by atoms with E-state index < -0.39 is 24.6 Å². The first-order chi connectivity index (χ1) is 6.11. The summed E-state index contributed by atoms with van der Waals surface area (Å²) in [5.41, 5.74) is 5.40. The normalized spacial score (nSPS) is 46.4. The highest BCUT2D eigenvalue weighted by Gasteiger charge is 2.41. The van der Waals surface area contributed by atoms with Gasteiger partial charge < -0.3 is 25.4 Å². The van der Waals surface area contributed by atoms with Crippen LogP contribution >= 0.6 is 0 Å². The van der Waals surface area contributed by atoms with Gasteiger partial charge in [-0.25, -0.2) is 0 Å². The lowest BCUT2D eigenvalue weighted by Crippen LogP contribution is -2.55. The molecule has 5 heteroatoms. The average Bonchev–Trinajstić information content (AvgIpc) is 2.15. The summed E-state index contributed by atoms with van der Waals surface area (Å²) in [6.07, 6.45) is -2.68. The predicted molar refractivity (Wildman–Crippen MR) is 45.9 cm³/mol. The molecule has 0 aliphatic carbocycles. The van der Waals surface area contributed by atoms with Gasteiger partial charge in [-0.15, -0.1) is 0 Å². The molecule has 5 atom stereocenters. The van der Waals surface area contributed by atoms with E-state index in [1.807, 2.05) is 0 Å². The van der Waals surface area contributed by atoms with Crippen LogP contribution in [0, 0.1) is 5.92 Å². The van der Waals surface area contributed by atoms with Crippen molar-refractivity contribution in [1.82, 2.24) is 0 Å².